The van der Waals surface area contributed by atoms with Crippen LogP contribution in [0.2, 0.25) is 0 Å². The summed E-state index contributed by atoms with van der Waals surface area (Å²) in [6.07, 6.45) is 5.88. The lowest BCUT2D eigenvalue weighted by atomic mass is 9.93. The van der Waals surface area contributed by atoms with E-state index in [1.54, 1.807) is 0 Å². The van der Waals surface area contributed by atoms with Crippen molar-refractivity contribution in [1.82, 2.24) is 9.88 Å². The van der Waals surface area contributed by atoms with Crippen LogP contribution in [0, 0.1) is 5.92 Å². The molecule has 102 valence electrons. The van der Waals surface area contributed by atoms with Gasteiger partial charge in [0.25, 0.3) is 0 Å². The second kappa shape index (κ2) is 7.71. The van der Waals surface area contributed by atoms with Gasteiger partial charge in [0.15, 0.2) is 4.80 Å². The van der Waals surface area contributed by atoms with Gasteiger partial charge < -0.3 is 9.88 Å². The number of carbonyl (C=O) groups excluding carboxylic acids is 1. The molecule has 0 bridgehead atoms. The van der Waals surface area contributed by atoms with E-state index in [-0.39, 0.29) is 18.3 Å². The van der Waals surface area contributed by atoms with Crippen molar-refractivity contribution in [2.24, 2.45) is 18.0 Å². The van der Waals surface area contributed by atoms with Gasteiger partial charge >= 0.3 is 0 Å². The number of carbonyl (C=O) groups is 1. The van der Waals surface area contributed by atoms with Crippen LogP contribution in [0.5, 0.6) is 0 Å². The Morgan fingerprint density at radius 2 is 2.28 bits per heavy atom. The van der Waals surface area contributed by atoms with Gasteiger partial charge in [-0.1, -0.05) is 0 Å². The molecule has 0 unspecified atom stereocenters. The minimum atomic E-state index is 0. The molecule has 1 aromatic heterocycles. The third kappa shape index (κ3) is 4.55. The maximum atomic E-state index is 11.7. The maximum absolute atomic E-state index is 11.7. The Labute approximate surface area is 118 Å². The van der Waals surface area contributed by atoms with Gasteiger partial charge in [-0.15, -0.1) is 23.7 Å². The first kappa shape index (κ1) is 15.4. The summed E-state index contributed by atoms with van der Waals surface area (Å²) in [5.74, 6) is 0.717. The first-order valence-corrected chi connectivity index (χ1v) is 7.02. The topological polar surface area (TPSA) is 46.4 Å². The summed E-state index contributed by atoms with van der Waals surface area (Å²) < 4.78 is 1.88. The third-order valence-corrected chi connectivity index (χ3v) is 4.05. The van der Waals surface area contributed by atoms with E-state index in [4.69, 9.17) is 0 Å². The number of nitrogens with one attached hydrogen (secondary N) is 1. The van der Waals surface area contributed by atoms with Gasteiger partial charge in [-0.05, 0) is 38.3 Å². The van der Waals surface area contributed by atoms with Gasteiger partial charge in [0, 0.05) is 25.0 Å². The third-order valence-electron chi connectivity index (χ3n) is 3.21. The highest BCUT2D eigenvalue weighted by Crippen LogP contribution is 2.17. The molecule has 18 heavy (non-hydrogen) atoms. The smallest absolute Gasteiger partial charge is 0.248 e. The molecule has 1 aromatic rings. The highest BCUT2D eigenvalue weighted by atomic mass is 35.5. The molecule has 2 rings (SSSR count). The summed E-state index contributed by atoms with van der Waals surface area (Å²) in [5.41, 5.74) is 0. The molecule has 0 spiro atoms. The number of hydrogen-bond donors (Lipinski definition) is 1. The van der Waals surface area contributed by atoms with Gasteiger partial charge in [-0.2, -0.15) is 4.99 Å². The fourth-order valence-corrected chi connectivity index (χ4v) is 2.84. The van der Waals surface area contributed by atoms with Crippen molar-refractivity contribution >= 4 is 29.7 Å². The quantitative estimate of drug-likeness (QED) is 0.921. The van der Waals surface area contributed by atoms with E-state index in [2.05, 4.69) is 10.3 Å². The molecule has 0 aromatic carbocycles. The predicted octanol–water partition coefficient (Wildman–Crippen LogP) is 1.72. The summed E-state index contributed by atoms with van der Waals surface area (Å²) in [5, 5.41) is 5.28. The van der Waals surface area contributed by atoms with Crippen LogP contribution in [-0.2, 0) is 11.8 Å². The lowest BCUT2D eigenvalue weighted by molar-refractivity contribution is -0.118. The molecular weight excluding hydrogens is 270 g/mol. The van der Waals surface area contributed by atoms with E-state index < -0.39 is 0 Å². The van der Waals surface area contributed by atoms with Crippen molar-refractivity contribution in [1.29, 1.82) is 0 Å². The zero-order chi connectivity index (χ0) is 12.1. The zero-order valence-corrected chi connectivity index (χ0v) is 12.2. The van der Waals surface area contributed by atoms with E-state index in [0.29, 0.717) is 12.3 Å². The van der Waals surface area contributed by atoms with E-state index >= 15 is 0 Å². The molecule has 1 amide bonds. The Morgan fingerprint density at radius 3 is 2.89 bits per heavy atom. The largest absolute Gasteiger partial charge is 0.327 e. The van der Waals surface area contributed by atoms with Crippen LogP contribution in [0.4, 0.5) is 0 Å². The number of hydrogen-bond acceptors (Lipinski definition) is 3. The zero-order valence-electron chi connectivity index (χ0n) is 10.6. The van der Waals surface area contributed by atoms with E-state index in [1.807, 2.05) is 23.2 Å². The van der Waals surface area contributed by atoms with Crippen LogP contribution in [0.3, 0.4) is 0 Å². The molecule has 0 radical (unpaired) electrons. The van der Waals surface area contributed by atoms with Crippen molar-refractivity contribution in [3.63, 3.8) is 0 Å². The van der Waals surface area contributed by atoms with Crippen molar-refractivity contribution in [3.8, 4) is 0 Å². The van der Waals surface area contributed by atoms with Crippen LogP contribution in [0.15, 0.2) is 16.6 Å². The Morgan fingerprint density at radius 1 is 1.56 bits per heavy atom. The molecule has 1 fully saturated rings. The van der Waals surface area contributed by atoms with E-state index in [9.17, 15) is 4.79 Å². The summed E-state index contributed by atoms with van der Waals surface area (Å²) in [4.78, 5) is 16.6. The normalized spacial score (nSPS) is 17.5. The Hall–Kier alpha value is -0.650. The first-order chi connectivity index (χ1) is 8.25. The Balaban J connectivity index is 0.00000162. The summed E-state index contributed by atoms with van der Waals surface area (Å²) in [6.45, 7) is 2.19. The van der Waals surface area contributed by atoms with Crippen LogP contribution in [-0.4, -0.2) is 23.6 Å². The molecule has 1 aliphatic rings. The van der Waals surface area contributed by atoms with Crippen molar-refractivity contribution < 1.29 is 4.79 Å². The minimum Gasteiger partial charge on any atom is -0.327 e. The second-order valence-corrected chi connectivity index (χ2v) is 5.41. The monoisotopic (exact) mass is 289 g/mol. The Kier molecular flexibility index (Phi) is 6.60. The van der Waals surface area contributed by atoms with Gasteiger partial charge in [-0.3, -0.25) is 4.79 Å². The molecule has 0 atom stereocenters. The average molecular weight is 290 g/mol. The molecule has 4 nitrogen and oxygen atoms in total. The molecule has 0 aliphatic carbocycles. The fraction of sp³-hybridized carbons (Fsp3) is 0.667. The first-order valence-electron chi connectivity index (χ1n) is 6.14. The molecule has 0 saturated carbocycles. The standard InChI is InChI=1S/C12H19N3OS.ClH/c1-15-8-9-17-12(15)14-11(16)3-2-10-4-6-13-7-5-10;/h8-10,13H,2-7H2,1H3;1H. The second-order valence-electron chi connectivity index (χ2n) is 4.53. The van der Waals surface area contributed by atoms with Crippen molar-refractivity contribution in [2.75, 3.05) is 13.1 Å². The van der Waals surface area contributed by atoms with Crippen molar-refractivity contribution in [3.05, 3.63) is 16.4 Å². The number of nitrogens with zero attached hydrogens (tertiary/aromatic N) is 2. The van der Waals surface area contributed by atoms with E-state index in [0.717, 1.165) is 24.3 Å². The molecule has 1 saturated heterocycles. The molecule has 6 heteroatoms. The van der Waals surface area contributed by atoms with Crippen LogP contribution < -0.4 is 10.1 Å². The minimum absolute atomic E-state index is 0. The molecule has 2 heterocycles. The van der Waals surface area contributed by atoms with Crippen LogP contribution in [0.25, 0.3) is 0 Å². The number of piperidine rings is 1. The van der Waals surface area contributed by atoms with E-state index in [1.165, 1.54) is 24.2 Å². The van der Waals surface area contributed by atoms with Crippen LogP contribution in [0.1, 0.15) is 25.7 Å². The Bertz CT molecular complexity index is 435. The summed E-state index contributed by atoms with van der Waals surface area (Å²) in [7, 11) is 1.91. The van der Waals surface area contributed by atoms with Crippen molar-refractivity contribution in [2.45, 2.75) is 25.7 Å². The predicted molar refractivity (Wildman–Crippen MR) is 75.9 cm³/mol. The number of rotatable bonds is 3. The number of halogens is 1. The summed E-state index contributed by atoms with van der Waals surface area (Å²) in [6, 6.07) is 0. The lowest BCUT2D eigenvalue weighted by Gasteiger charge is -2.21. The highest BCUT2D eigenvalue weighted by Gasteiger charge is 2.14. The average Bonchev–Trinajstić information content (AvgIpc) is 2.74. The van der Waals surface area contributed by atoms with Crippen LogP contribution >= 0.6 is 23.7 Å². The molecular formula is C12H20ClN3OS. The molecule has 1 aliphatic heterocycles. The van der Waals surface area contributed by atoms with Gasteiger partial charge in [-0.25, -0.2) is 0 Å². The number of aromatic nitrogens is 1. The molecule has 1 N–H and O–H groups in total. The number of amides is 1. The highest BCUT2D eigenvalue weighted by molar-refractivity contribution is 7.07. The van der Waals surface area contributed by atoms with Gasteiger partial charge in [0.05, 0.1) is 0 Å². The lowest BCUT2D eigenvalue weighted by Crippen LogP contribution is -2.28. The number of thiazole rings is 1. The summed E-state index contributed by atoms with van der Waals surface area (Å²) >= 11 is 1.50. The fourth-order valence-electron chi connectivity index (χ4n) is 2.10. The van der Waals surface area contributed by atoms with Gasteiger partial charge in [0.1, 0.15) is 0 Å². The number of aryl methyl sites for hydroxylation is 1. The SMILES string of the molecule is Cl.Cn1ccsc1=NC(=O)CCC1CCNCC1. The van der Waals surface area contributed by atoms with Gasteiger partial charge in [0.2, 0.25) is 5.91 Å². The maximum Gasteiger partial charge on any atom is 0.248 e.